The molecule has 0 aliphatic rings. The lowest BCUT2D eigenvalue weighted by molar-refractivity contribution is -0.131. The molecule has 1 unspecified atom stereocenters. The predicted octanol–water partition coefficient (Wildman–Crippen LogP) is 2.49. The van der Waals surface area contributed by atoms with Crippen LogP contribution >= 0.6 is 0 Å². The van der Waals surface area contributed by atoms with Crippen LogP contribution in [0.5, 0.6) is 0 Å². The van der Waals surface area contributed by atoms with Gasteiger partial charge in [-0.05, 0) is 38.0 Å². The Morgan fingerprint density at radius 1 is 1.09 bits per heavy atom. The van der Waals surface area contributed by atoms with E-state index in [1.165, 1.54) is 6.07 Å². The van der Waals surface area contributed by atoms with E-state index in [0.717, 1.165) is 5.56 Å². The number of aromatic carboxylic acids is 1. The molecule has 0 saturated carbocycles. The van der Waals surface area contributed by atoms with Crippen LogP contribution in [-0.4, -0.2) is 28.9 Å². The highest BCUT2D eigenvalue weighted by atomic mass is 16.4. The number of hydrogen-bond acceptors (Lipinski definition) is 3. The van der Waals surface area contributed by atoms with Gasteiger partial charge >= 0.3 is 5.97 Å². The fourth-order valence-corrected chi connectivity index (χ4v) is 1.94. The Bertz CT molecular complexity index is 645. The van der Waals surface area contributed by atoms with Crippen molar-refractivity contribution in [2.24, 2.45) is 5.41 Å². The molecule has 6 nitrogen and oxygen atoms in total. The van der Waals surface area contributed by atoms with Crippen molar-refractivity contribution in [3.05, 3.63) is 28.8 Å². The third-order valence-electron chi connectivity index (χ3n) is 3.48. The minimum atomic E-state index is -1.05. The van der Waals surface area contributed by atoms with Gasteiger partial charge in [0.25, 0.3) is 0 Å². The van der Waals surface area contributed by atoms with Crippen molar-refractivity contribution in [2.75, 3.05) is 5.32 Å². The largest absolute Gasteiger partial charge is 0.478 e. The zero-order valence-corrected chi connectivity index (χ0v) is 14.4. The van der Waals surface area contributed by atoms with Crippen LogP contribution in [0.4, 0.5) is 5.69 Å². The molecule has 0 fully saturated rings. The van der Waals surface area contributed by atoms with Crippen LogP contribution in [0.2, 0.25) is 0 Å². The molecular formula is C17H24N2O4. The van der Waals surface area contributed by atoms with Gasteiger partial charge in [0.15, 0.2) is 0 Å². The lowest BCUT2D eigenvalue weighted by Gasteiger charge is -2.22. The fourth-order valence-electron chi connectivity index (χ4n) is 1.94. The summed E-state index contributed by atoms with van der Waals surface area (Å²) in [7, 11) is 0. The number of anilines is 1. The maximum absolute atomic E-state index is 12.2. The third kappa shape index (κ3) is 4.81. The number of aryl methyl sites for hydroxylation is 2. The minimum Gasteiger partial charge on any atom is -0.478 e. The maximum Gasteiger partial charge on any atom is 0.336 e. The lowest BCUT2D eigenvalue weighted by atomic mass is 9.95. The predicted molar refractivity (Wildman–Crippen MR) is 88.6 cm³/mol. The molecular weight excluding hydrogens is 296 g/mol. The van der Waals surface area contributed by atoms with Crippen LogP contribution in [0, 0.1) is 19.3 Å². The summed E-state index contributed by atoms with van der Waals surface area (Å²) in [6.45, 7) is 10.4. The first kappa shape index (κ1) is 18.7. The summed E-state index contributed by atoms with van der Waals surface area (Å²) in [6.07, 6.45) is 0. The quantitative estimate of drug-likeness (QED) is 0.794. The molecule has 0 spiro atoms. The summed E-state index contributed by atoms with van der Waals surface area (Å²) < 4.78 is 0. The van der Waals surface area contributed by atoms with Gasteiger partial charge in [0.1, 0.15) is 6.04 Å². The van der Waals surface area contributed by atoms with E-state index in [1.807, 2.05) is 0 Å². The highest BCUT2D eigenvalue weighted by molar-refractivity contribution is 5.99. The molecule has 23 heavy (non-hydrogen) atoms. The van der Waals surface area contributed by atoms with E-state index in [-0.39, 0.29) is 11.5 Å². The molecule has 0 saturated heterocycles. The van der Waals surface area contributed by atoms with Gasteiger partial charge in [-0.1, -0.05) is 26.8 Å². The van der Waals surface area contributed by atoms with Crippen LogP contribution < -0.4 is 10.6 Å². The Kier molecular flexibility index (Phi) is 5.53. The normalized spacial score (nSPS) is 12.4. The SMILES string of the molecule is Cc1cc(C)c(C(=O)O)cc1NC(=O)C(C)NC(=O)C(C)(C)C. The Morgan fingerprint density at radius 2 is 1.65 bits per heavy atom. The Labute approximate surface area is 136 Å². The van der Waals surface area contributed by atoms with Crippen LogP contribution in [0.1, 0.15) is 49.2 Å². The highest BCUT2D eigenvalue weighted by Gasteiger charge is 2.25. The molecule has 3 N–H and O–H groups in total. The standard InChI is InChI=1S/C17H24N2O4/c1-9-7-10(2)13(8-12(9)15(21)22)19-14(20)11(3)18-16(23)17(4,5)6/h7-8,11H,1-6H3,(H,18,23)(H,19,20)(H,21,22). The summed E-state index contributed by atoms with van der Waals surface area (Å²) in [5, 5.41) is 14.5. The molecule has 126 valence electrons. The van der Waals surface area contributed by atoms with Gasteiger partial charge in [0.05, 0.1) is 5.56 Å². The first-order valence-corrected chi connectivity index (χ1v) is 7.40. The van der Waals surface area contributed by atoms with E-state index in [0.29, 0.717) is 11.3 Å². The summed E-state index contributed by atoms with van der Waals surface area (Å²) >= 11 is 0. The van der Waals surface area contributed by atoms with Gasteiger partial charge in [0.2, 0.25) is 11.8 Å². The molecule has 0 radical (unpaired) electrons. The molecule has 0 bridgehead atoms. The topological polar surface area (TPSA) is 95.5 Å². The smallest absolute Gasteiger partial charge is 0.336 e. The van der Waals surface area contributed by atoms with Crippen molar-refractivity contribution in [1.82, 2.24) is 5.32 Å². The van der Waals surface area contributed by atoms with Crippen LogP contribution in [0.25, 0.3) is 0 Å². The van der Waals surface area contributed by atoms with Crippen LogP contribution in [-0.2, 0) is 9.59 Å². The fraction of sp³-hybridized carbons (Fsp3) is 0.471. The molecule has 1 atom stereocenters. The van der Waals surface area contributed by atoms with Gasteiger partial charge < -0.3 is 15.7 Å². The highest BCUT2D eigenvalue weighted by Crippen LogP contribution is 2.21. The second-order valence-electron chi connectivity index (χ2n) is 6.72. The van der Waals surface area contributed by atoms with Gasteiger partial charge in [0, 0.05) is 11.1 Å². The van der Waals surface area contributed by atoms with E-state index >= 15 is 0 Å². The van der Waals surface area contributed by atoms with E-state index in [4.69, 9.17) is 5.11 Å². The molecule has 6 heteroatoms. The van der Waals surface area contributed by atoms with Crippen LogP contribution in [0.3, 0.4) is 0 Å². The summed E-state index contributed by atoms with van der Waals surface area (Å²) in [6, 6.07) is 2.41. The second kappa shape index (κ2) is 6.81. The number of carbonyl (C=O) groups excluding carboxylic acids is 2. The van der Waals surface area contributed by atoms with Crippen LogP contribution in [0.15, 0.2) is 12.1 Å². The van der Waals surface area contributed by atoms with E-state index in [9.17, 15) is 14.4 Å². The molecule has 2 amide bonds. The van der Waals surface area contributed by atoms with Crippen molar-refractivity contribution in [2.45, 2.75) is 47.6 Å². The number of rotatable bonds is 4. The number of nitrogens with one attached hydrogen (secondary N) is 2. The van der Waals surface area contributed by atoms with Crippen molar-refractivity contribution >= 4 is 23.5 Å². The number of carboxylic acids is 1. The number of amides is 2. The summed E-state index contributed by atoms with van der Waals surface area (Å²) in [4.78, 5) is 35.3. The van der Waals surface area contributed by atoms with Crippen molar-refractivity contribution < 1.29 is 19.5 Å². The molecule has 1 aromatic rings. The van der Waals surface area contributed by atoms with Gasteiger partial charge in [-0.25, -0.2) is 4.79 Å². The molecule has 0 aliphatic carbocycles. The van der Waals surface area contributed by atoms with Gasteiger partial charge in [-0.15, -0.1) is 0 Å². The summed E-state index contributed by atoms with van der Waals surface area (Å²) in [5.74, 6) is -1.68. The van der Waals surface area contributed by atoms with Crippen molar-refractivity contribution in [3.63, 3.8) is 0 Å². The minimum absolute atomic E-state index is 0.136. The third-order valence-corrected chi connectivity index (χ3v) is 3.48. The summed E-state index contributed by atoms with van der Waals surface area (Å²) in [5.41, 5.74) is 1.36. The average molecular weight is 320 g/mol. The van der Waals surface area contributed by atoms with E-state index in [1.54, 1.807) is 47.6 Å². The Balaban J connectivity index is 2.91. The van der Waals surface area contributed by atoms with E-state index in [2.05, 4.69) is 10.6 Å². The average Bonchev–Trinajstić information content (AvgIpc) is 2.39. The first-order valence-electron chi connectivity index (χ1n) is 7.40. The molecule has 1 rings (SSSR count). The monoisotopic (exact) mass is 320 g/mol. The zero-order chi connectivity index (χ0) is 17.9. The van der Waals surface area contributed by atoms with Crippen molar-refractivity contribution in [3.8, 4) is 0 Å². The Morgan fingerprint density at radius 3 is 2.13 bits per heavy atom. The van der Waals surface area contributed by atoms with Crippen molar-refractivity contribution in [1.29, 1.82) is 0 Å². The number of carbonyl (C=O) groups is 3. The number of hydrogen-bond donors (Lipinski definition) is 3. The zero-order valence-electron chi connectivity index (χ0n) is 14.4. The van der Waals surface area contributed by atoms with E-state index < -0.39 is 23.3 Å². The molecule has 1 aromatic carbocycles. The number of carboxylic acid groups (broad SMARTS) is 1. The number of benzene rings is 1. The Hall–Kier alpha value is -2.37. The lowest BCUT2D eigenvalue weighted by Crippen LogP contribution is -2.46. The molecule has 0 aliphatic heterocycles. The molecule has 0 heterocycles. The second-order valence-corrected chi connectivity index (χ2v) is 6.72. The van der Waals surface area contributed by atoms with Gasteiger partial charge in [-0.3, -0.25) is 9.59 Å². The first-order chi connectivity index (χ1) is 10.4. The maximum atomic E-state index is 12.2. The van der Waals surface area contributed by atoms with Gasteiger partial charge in [-0.2, -0.15) is 0 Å². The molecule has 0 aromatic heterocycles.